The van der Waals surface area contributed by atoms with Gasteiger partial charge in [0.1, 0.15) is 0 Å². The minimum Gasteiger partial charge on any atom is -0.465 e. The van der Waals surface area contributed by atoms with Gasteiger partial charge in [-0.05, 0) is 31.5 Å². The molecule has 0 aromatic heterocycles. The van der Waals surface area contributed by atoms with Crippen molar-refractivity contribution in [3.63, 3.8) is 0 Å². The summed E-state index contributed by atoms with van der Waals surface area (Å²) in [5.74, 6) is 0. The first-order valence-electron chi connectivity index (χ1n) is 6.23. The van der Waals surface area contributed by atoms with E-state index in [-0.39, 0.29) is 17.2 Å². The number of hydrogen-bond acceptors (Lipinski definition) is 2. The van der Waals surface area contributed by atoms with Crippen LogP contribution in [0, 0.1) is 0 Å². The van der Waals surface area contributed by atoms with E-state index in [2.05, 4.69) is 33.9 Å². The van der Waals surface area contributed by atoms with Crippen molar-refractivity contribution < 1.29 is 14.3 Å². The van der Waals surface area contributed by atoms with Gasteiger partial charge in [0.05, 0.1) is 12.1 Å². The van der Waals surface area contributed by atoms with Gasteiger partial charge in [-0.25, -0.2) is 4.79 Å². The highest BCUT2D eigenvalue weighted by Crippen LogP contribution is 2.39. The topological polar surface area (TPSA) is 49.8 Å². The molecule has 1 amide bonds. The number of rotatable bonds is 2. The third-order valence-electron chi connectivity index (χ3n) is 4.18. The van der Waals surface area contributed by atoms with Crippen LogP contribution in [0.2, 0.25) is 18.1 Å². The summed E-state index contributed by atoms with van der Waals surface area (Å²) in [7, 11) is -1.80. The highest BCUT2D eigenvalue weighted by Gasteiger charge is 2.43. The molecule has 1 heterocycles. The minimum atomic E-state index is -1.80. The smallest absolute Gasteiger partial charge is 0.407 e. The Labute approximate surface area is 105 Å². The zero-order valence-electron chi connectivity index (χ0n) is 11.8. The molecule has 0 aromatic rings. The van der Waals surface area contributed by atoms with Crippen LogP contribution in [-0.2, 0) is 4.43 Å². The lowest BCUT2D eigenvalue weighted by atomic mass is 10.2. The molecule has 0 radical (unpaired) electrons. The Balaban J connectivity index is 2.69. The molecule has 2 atom stereocenters. The van der Waals surface area contributed by atoms with Gasteiger partial charge < -0.3 is 14.4 Å². The molecule has 1 saturated heterocycles. The molecule has 17 heavy (non-hydrogen) atoms. The van der Waals surface area contributed by atoms with E-state index in [0.29, 0.717) is 6.54 Å². The van der Waals surface area contributed by atoms with Gasteiger partial charge in [-0.2, -0.15) is 0 Å². The van der Waals surface area contributed by atoms with E-state index in [1.807, 2.05) is 6.92 Å². The fraction of sp³-hybridized carbons (Fsp3) is 0.917. The molecule has 0 spiro atoms. The highest BCUT2D eigenvalue weighted by molar-refractivity contribution is 6.74. The van der Waals surface area contributed by atoms with Crippen LogP contribution < -0.4 is 0 Å². The van der Waals surface area contributed by atoms with Crippen LogP contribution in [0.25, 0.3) is 0 Å². The molecule has 0 unspecified atom stereocenters. The van der Waals surface area contributed by atoms with Gasteiger partial charge in [0.25, 0.3) is 0 Å². The van der Waals surface area contributed by atoms with Crippen LogP contribution in [-0.4, -0.2) is 43.1 Å². The van der Waals surface area contributed by atoms with Gasteiger partial charge in [0, 0.05) is 6.54 Å². The zero-order valence-corrected chi connectivity index (χ0v) is 12.8. The standard InChI is InChI=1S/C12H25NO3Si/c1-9-10(7-8-13(9)11(14)15)16-17(5,6)12(2,3)4/h9-10H,7-8H2,1-6H3,(H,14,15)/t9-,10+/m1/s1. The first kappa shape index (κ1) is 14.5. The molecular formula is C12H25NO3Si. The number of likely N-dealkylation sites (tertiary alicyclic amines) is 1. The van der Waals surface area contributed by atoms with Crippen molar-refractivity contribution in [1.29, 1.82) is 0 Å². The molecule has 1 rings (SSSR count). The van der Waals surface area contributed by atoms with E-state index in [1.165, 1.54) is 4.90 Å². The Morgan fingerprint density at radius 1 is 1.41 bits per heavy atom. The summed E-state index contributed by atoms with van der Waals surface area (Å²) in [6.45, 7) is 13.6. The molecule has 1 aliphatic heterocycles. The molecule has 5 heteroatoms. The molecule has 4 nitrogen and oxygen atoms in total. The molecule has 1 N–H and O–H groups in total. The second-order valence-corrected chi connectivity index (χ2v) is 11.2. The predicted octanol–water partition coefficient (Wildman–Crippen LogP) is 3.15. The van der Waals surface area contributed by atoms with Gasteiger partial charge in [-0.1, -0.05) is 20.8 Å². The van der Waals surface area contributed by atoms with Crippen molar-refractivity contribution in [2.75, 3.05) is 6.54 Å². The van der Waals surface area contributed by atoms with Crippen LogP contribution in [0.3, 0.4) is 0 Å². The second kappa shape index (κ2) is 4.61. The van der Waals surface area contributed by atoms with Gasteiger partial charge in [0.2, 0.25) is 0 Å². The third-order valence-corrected chi connectivity index (χ3v) is 8.69. The SMILES string of the molecule is C[C@@H]1[C@@H](O[Si](C)(C)C(C)(C)C)CCN1C(=O)O. The summed E-state index contributed by atoms with van der Waals surface area (Å²) in [6, 6.07) is -0.0263. The maximum atomic E-state index is 11.0. The lowest BCUT2D eigenvalue weighted by Gasteiger charge is -2.39. The maximum Gasteiger partial charge on any atom is 0.407 e. The largest absolute Gasteiger partial charge is 0.465 e. The Morgan fingerprint density at radius 3 is 2.29 bits per heavy atom. The normalized spacial score (nSPS) is 26.4. The summed E-state index contributed by atoms with van der Waals surface area (Å²) in [5, 5.41) is 9.21. The van der Waals surface area contributed by atoms with Crippen molar-refractivity contribution in [2.45, 2.75) is 64.4 Å². The highest BCUT2D eigenvalue weighted by atomic mass is 28.4. The molecule has 0 aromatic carbocycles. The molecule has 0 saturated carbocycles. The molecule has 1 fully saturated rings. The Morgan fingerprint density at radius 2 is 1.94 bits per heavy atom. The van der Waals surface area contributed by atoms with E-state index in [1.54, 1.807) is 0 Å². The molecule has 0 bridgehead atoms. The van der Waals surface area contributed by atoms with Crippen LogP contribution in [0.1, 0.15) is 34.1 Å². The average Bonchev–Trinajstić information content (AvgIpc) is 2.45. The van der Waals surface area contributed by atoms with Crippen molar-refractivity contribution in [1.82, 2.24) is 4.90 Å². The quantitative estimate of drug-likeness (QED) is 0.775. The number of nitrogens with zero attached hydrogens (tertiary/aromatic N) is 1. The first-order valence-corrected chi connectivity index (χ1v) is 9.14. The summed E-state index contributed by atoms with van der Waals surface area (Å²) >= 11 is 0. The molecule has 1 aliphatic rings. The summed E-state index contributed by atoms with van der Waals surface area (Å²) in [6.07, 6.45) is 0.0470. The second-order valence-electron chi connectivity index (χ2n) is 6.42. The lowest BCUT2D eigenvalue weighted by Crippen LogP contribution is -2.47. The van der Waals surface area contributed by atoms with Crippen LogP contribution in [0.4, 0.5) is 4.79 Å². The maximum absolute atomic E-state index is 11.0. The molecular weight excluding hydrogens is 234 g/mol. The van der Waals surface area contributed by atoms with Crippen molar-refractivity contribution in [2.24, 2.45) is 0 Å². The van der Waals surface area contributed by atoms with Crippen LogP contribution >= 0.6 is 0 Å². The number of carbonyl (C=O) groups is 1. The van der Waals surface area contributed by atoms with E-state index >= 15 is 0 Å². The van der Waals surface area contributed by atoms with E-state index < -0.39 is 14.4 Å². The summed E-state index contributed by atoms with van der Waals surface area (Å²) in [4.78, 5) is 12.5. The Bertz CT molecular complexity index is 299. The average molecular weight is 259 g/mol. The molecule has 100 valence electrons. The number of amides is 1. The monoisotopic (exact) mass is 259 g/mol. The minimum absolute atomic E-state index is 0.0263. The van der Waals surface area contributed by atoms with Gasteiger partial charge >= 0.3 is 6.09 Å². The van der Waals surface area contributed by atoms with Crippen LogP contribution in [0.15, 0.2) is 0 Å². The fourth-order valence-electron chi connectivity index (χ4n) is 1.89. The Hall–Kier alpha value is -0.553. The van der Waals surface area contributed by atoms with Crippen LogP contribution in [0.5, 0.6) is 0 Å². The molecule has 0 aliphatic carbocycles. The van der Waals surface area contributed by atoms with E-state index in [4.69, 9.17) is 9.53 Å². The van der Waals surface area contributed by atoms with E-state index in [9.17, 15) is 4.79 Å². The van der Waals surface area contributed by atoms with Crippen molar-refractivity contribution in [3.8, 4) is 0 Å². The lowest BCUT2D eigenvalue weighted by molar-refractivity contribution is 0.112. The third kappa shape index (κ3) is 3.01. The van der Waals surface area contributed by atoms with E-state index in [0.717, 1.165) is 6.42 Å². The summed E-state index contributed by atoms with van der Waals surface area (Å²) in [5.41, 5.74) is 0. The Kier molecular flexibility index (Phi) is 3.93. The van der Waals surface area contributed by atoms with Gasteiger partial charge in [0.15, 0.2) is 8.32 Å². The number of carboxylic acid groups (broad SMARTS) is 1. The summed E-state index contributed by atoms with van der Waals surface area (Å²) < 4.78 is 6.29. The van der Waals surface area contributed by atoms with Crippen molar-refractivity contribution >= 4 is 14.4 Å². The van der Waals surface area contributed by atoms with Gasteiger partial charge in [-0.15, -0.1) is 0 Å². The van der Waals surface area contributed by atoms with Crippen molar-refractivity contribution in [3.05, 3.63) is 0 Å². The predicted molar refractivity (Wildman–Crippen MR) is 70.9 cm³/mol. The first-order chi connectivity index (χ1) is 7.56. The van der Waals surface area contributed by atoms with Gasteiger partial charge in [-0.3, -0.25) is 0 Å². The zero-order chi connectivity index (χ0) is 13.4. The number of hydrogen-bond donors (Lipinski definition) is 1. The fourth-order valence-corrected chi connectivity index (χ4v) is 3.32.